The molecule has 4 atom stereocenters. The molecule has 1 aliphatic heterocycles. The Hall–Kier alpha value is -2.91. The number of likely N-dealkylation sites (tertiary alicyclic amines) is 1. The van der Waals surface area contributed by atoms with E-state index in [0.717, 1.165) is 12.1 Å². The minimum Gasteiger partial charge on any atom is -0.489 e. The highest BCUT2D eigenvalue weighted by molar-refractivity contribution is 5.92. The van der Waals surface area contributed by atoms with Gasteiger partial charge in [0.25, 0.3) is 0 Å². The number of rotatable bonds is 6. The first kappa shape index (κ1) is 27.7. The second-order valence-corrected chi connectivity index (χ2v) is 10.2. The van der Waals surface area contributed by atoms with Crippen molar-refractivity contribution in [1.82, 2.24) is 4.90 Å². The van der Waals surface area contributed by atoms with Crippen LogP contribution >= 0.6 is 0 Å². The maximum absolute atomic E-state index is 14.0. The summed E-state index contributed by atoms with van der Waals surface area (Å²) in [6.07, 6.45) is 1.20. The number of ether oxygens (including phenoxy) is 4. The average molecular weight is 512 g/mol. The van der Waals surface area contributed by atoms with Crippen molar-refractivity contribution in [3.63, 3.8) is 0 Å². The fraction of sp³-hybridized carbons (Fsp3) is 0.654. The van der Waals surface area contributed by atoms with E-state index in [2.05, 4.69) is 0 Å². The monoisotopic (exact) mass is 511 g/mol. The van der Waals surface area contributed by atoms with Gasteiger partial charge in [0.2, 0.25) is 0 Å². The molecule has 3 rings (SSSR count). The summed E-state index contributed by atoms with van der Waals surface area (Å²) in [6, 6.07) is 0.850. The topological polar surface area (TPSA) is 91.4 Å². The number of esters is 2. The molecule has 0 N–H and O–H groups in total. The molecule has 1 aromatic carbocycles. The maximum atomic E-state index is 14.0. The van der Waals surface area contributed by atoms with Crippen molar-refractivity contribution in [2.24, 2.45) is 11.8 Å². The minimum atomic E-state index is -1.17. The summed E-state index contributed by atoms with van der Waals surface area (Å²) in [5.41, 5.74) is -0.887. The normalized spacial score (nSPS) is 23.9. The molecule has 1 heterocycles. The first-order chi connectivity index (χ1) is 16.9. The number of amides is 1. The highest BCUT2D eigenvalue weighted by atomic mass is 19.2. The van der Waals surface area contributed by atoms with Gasteiger partial charge in [-0.05, 0) is 78.2 Å². The number of benzene rings is 1. The Morgan fingerprint density at radius 1 is 0.972 bits per heavy atom. The van der Waals surface area contributed by atoms with Gasteiger partial charge in [-0.1, -0.05) is 0 Å². The minimum absolute atomic E-state index is 0.0215. The molecular formula is C26H35F2NO7. The lowest BCUT2D eigenvalue weighted by Gasteiger charge is -2.46. The predicted octanol–water partition coefficient (Wildman–Crippen LogP) is 4.88. The van der Waals surface area contributed by atoms with Gasteiger partial charge in [0.15, 0.2) is 11.6 Å². The van der Waals surface area contributed by atoms with E-state index in [1.165, 1.54) is 4.90 Å². The molecule has 8 nitrogen and oxygen atoms in total. The third kappa shape index (κ3) is 6.64. The van der Waals surface area contributed by atoms with Crippen LogP contribution in [0.25, 0.3) is 0 Å². The van der Waals surface area contributed by atoms with E-state index in [1.807, 2.05) is 0 Å². The summed E-state index contributed by atoms with van der Waals surface area (Å²) in [7, 11) is 0. The summed E-state index contributed by atoms with van der Waals surface area (Å²) < 4.78 is 49.5. The lowest BCUT2D eigenvalue weighted by Crippen LogP contribution is -2.56. The fourth-order valence-corrected chi connectivity index (χ4v) is 4.87. The third-order valence-corrected chi connectivity index (χ3v) is 6.42. The second-order valence-electron chi connectivity index (χ2n) is 10.2. The van der Waals surface area contributed by atoms with Gasteiger partial charge in [-0.3, -0.25) is 4.90 Å². The van der Waals surface area contributed by atoms with Crippen LogP contribution in [0.2, 0.25) is 0 Å². The highest BCUT2D eigenvalue weighted by Gasteiger charge is 2.46. The Labute approximate surface area is 210 Å². The van der Waals surface area contributed by atoms with E-state index in [4.69, 9.17) is 18.9 Å². The zero-order valence-corrected chi connectivity index (χ0v) is 21.5. The quantitative estimate of drug-likeness (QED) is 0.397. The number of halogens is 2. The Balaban J connectivity index is 1.77. The van der Waals surface area contributed by atoms with Crippen LogP contribution < -0.4 is 4.74 Å². The molecule has 1 saturated carbocycles. The smallest absolute Gasteiger partial charge is 0.411 e. The second kappa shape index (κ2) is 11.4. The van der Waals surface area contributed by atoms with Crippen LogP contribution in [0.4, 0.5) is 13.6 Å². The molecule has 0 unspecified atom stereocenters. The van der Waals surface area contributed by atoms with E-state index in [1.54, 1.807) is 34.6 Å². The molecule has 36 heavy (non-hydrogen) atoms. The molecule has 0 bridgehead atoms. The number of hydrogen-bond acceptors (Lipinski definition) is 7. The Kier molecular flexibility index (Phi) is 8.79. The van der Waals surface area contributed by atoms with Crippen LogP contribution in [0.1, 0.15) is 70.7 Å². The van der Waals surface area contributed by atoms with Crippen LogP contribution in [0.15, 0.2) is 12.1 Å². The summed E-state index contributed by atoms with van der Waals surface area (Å²) in [4.78, 5) is 39.4. The van der Waals surface area contributed by atoms with Gasteiger partial charge in [0.05, 0.1) is 19.3 Å². The molecule has 1 aliphatic carbocycles. The van der Waals surface area contributed by atoms with E-state index >= 15 is 0 Å². The number of fused-ring (bicyclic) bond motifs is 1. The van der Waals surface area contributed by atoms with E-state index < -0.39 is 41.3 Å². The maximum Gasteiger partial charge on any atom is 0.411 e. The summed E-state index contributed by atoms with van der Waals surface area (Å²) >= 11 is 0. The SMILES string of the molecule is CCOC(=O)c1cc(F)c(F)cc1O[C@H]1CC[C@H]2CN(C(=O)OC(C)(C)C)[C@H](C(=O)OCC)C[C@H]2C1. The lowest BCUT2D eigenvalue weighted by molar-refractivity contribution is -0.153. The molecule has 2 aliphatic rings. The van der Waals surface area contributed by atoms with Gasteiger partial charge in [0.1, 0.15) is 23.0 Å². The molecule has 2 fully saturated rings. The predicted molar refractivity (Wildman–Crippen MR) is 126 cm³/mol. The molecule has 0 aromatic heterocycles. The van der Waals surface area contributed by atoms with Crippen LogP contribution in [0, 0.1) is 23.5 Å². The Morgan fingerprint density at radius 3 is 2.28 bits per heavy atom. The van der Waals surface area contributed by atoms with Gasteiger partial charge in [-0.25, -0.2) is 23.2 Å². The largest absolute Gasteiger partial charge is 0.489 e. The van der Waals surface area contributed by atoms with Crippen LogP contribution in [-0.2, 0) is 19.0 Å². The lowest BCUT2D eigenvalue weighted by atomic mass is 9.72. The molecule has 10 heteroatoms. The van der Waals surface area contributed by atoms with Crippen molar-refractivity contribution in [3.8, 4) is 5.75 Å². The first-order valence-electron chi connectivity index (χ1n) is 12.4. The number of carbonyl (C=O) groups excluding carboxylic acids is 3. The highest BCUT2D eigenvalue weighted by Crippen LogP contribution is 2.41. The molecular weight excluding hydrogens is 476 g/mol. The molecule has 1 amide bonds. The van der Waals surface area contributed by atoms with Gasteiger partial charge in [0, 0.05) is 12.6 Å². The van der Waals surface area contributed by atoms with Crippen molar-refractivity contribution in [2.75, 3.05) is 19.8 Å². The van der Waals surface area contributed by atoms with Crippen molar-refractivity contribution in [2.45, 2.75) is 78.0 Å². The molecule has 0 spiro atoms. The first-order valence-corrected chi connectivity index (χ1v) is 12.4. The van der Waals surface area contributed by atoms with Crippen LogP contribution in [0.3, 0.4) is 0 Å². The molecule has 1 saturated heterocycles. The van der Waals surface area contributed by atoms with Crippen molar-refractivity contribution in [1.29, 1.82) is 0 Å². The van der Waals surface area contributed by atoms with E-state index in [9.17, 15) is 23.2 Å². The van der Waals surface area contributed by atoms with E-state index in [-0.39, 0.29) is 42.5 Å². The number of piperidine rings is 1. The third-order valence-electron chi connectivity index (χ3n) is 6.42. The zero-order chi connectivity index (χ0) is 26.6. The number of carbonyl (C=O) groups is 3. The standard InChI is InChI=1S/C26H35F2NO7/c1-6-33-23(30)18-12-19(27)20(28)13-22(18)35-17-9-8-15-14-29(25(32)36-26(3,4)5)21(11-16(15)10-17)24(31)34-7-2/h12-13,15-17,21H,6-11,14H2,1-5H3/t15-,16+,17-,21-/m0/s1. The average Bonchev–Trinajstić information content (AvgIpc) is 2.79. The Morgan fingerprint density at radius 2 is 1.64 bits per heavy atom. The van der Waals surface area contributed by atoms with Gasteiger partial charge < -0.3 is 18.9 Å². The molecule has 0 radical (unpaired) electrons. The fourth-order valence-electron chi connectivity index (χ4n) is 4.87. The van der Waals surface area contributed by atoms with Crippen LogP contribution in [0.5, 0.6) is 5.75 Å². The zero-order valence-electron chi connectivity index (χ0n) is 21.5. The number of nitrogens with zero attached hydrogens (tertiary/aromatic N) is 1. The van der Waals surface area contributed by atoms with E-state index in [0.29, 0.717) is 32.2 Å². The van der Waals surface area contributed by atoms with Crippen LogP contribution in [-0.4, -0.2) is 60.4 Å². The van der Waals surface area contributed by atoms with Gasteiger partial charge in [-0.2, -0.15) is 0 Å². The van der Waals surface area contributed by atoms with Crippen molar-refractivity contribution in [3.05, 3.63) is 29.3 Å². The summed E-state index contributed by atoms with van der Waals surface area (Å²) in [5.74, 6) is -3.53. The molecule has 200 valence electrons. The summed E-state index contributed by atoms with van der Waals surface area (Å²) in [6.45, 7) is 9.22. The Bertz CT molecular complexity index is 978. The molecule has 1 aromatic rings. The van der Waals surface area contributed by atoms with Crippen molar-refractivity contribution >= 4 is 18.0 Å². The van der Waals surface area contributed by atoms with Gasteiger partial charge >= 0.3 is 18.0 Å². The summed E-state index contributed by atoms with van der Waals surface area (Å²) in [5, 5.41) is 0. The van der Waals surface area contributed by atoms with Crippen molar-refractivity contribution < 1.29 is 42.1 Å². The number of hydrogen-bond donors (Lipinski definition) is 0. The van der Waals surface area contributed by atoms with Gasteiger partial charge in [-0.15, -0.1) is 0 Å².